The fraction of sp³-hybridized carbons (Fsp3) is 0.438. The standard InChI is InChI=1S/C16H20N2O3/c1-11-14(10-18-5-7-21-8-6-18)16(19)13-9-12(20-2)3-4-15(13)17-11/h3-4,9H,5-8,10H2,1-2H3,(H,17,19)/p+1. The lowest BCUT2D eigenvalue weighted by atomic mass is 10.1. The first-order chi connectivity index (χ1) is 10.2. The number of ether oxygens (including phenoxy) is 2. The van der Waals surface area contributed by atoms with Crippen LogP contribution in [0.1, 0.15) is 11.3 Å². The van der Waals surface area contributed by atoms with Gasteiger partial charge >= 0.3 is 0 Å². The predicted octanol–water partition coefficient (Wildman–Crippen LogP) is 0.260. The summed E-state index contributed by atoms with van der Waals surface area (Å²) < 4.78 is 10.6. The third-order valence-corrected chi connectivity index (χ3v) is 4.15. The number of hydrogen-bond acceptors (Lipinski definition) is 3. The molecule has 5 heteroatoms. The van der Waals surface area contributed by atoms with E-state index >= 15 is 0 Å². The first-order valence-corrected chi connectivity index (χ1v) is 7.30. The zero-order chi connectivity index (χ0) is 14.8. The number of aromatic nitrogens is 1. The number of fused-ring (bicyclic) bond motifs is 1. The molecule has 1 aromatic heterocycles. The molecule has 112 valence electrons. The smallest absolute Gasteiger partial charge is 0.198 e. The molecule has 0 amide bonds. The van der Waals surface area contributed by atoms with Crippen LogP contribution in [0.5, 0.6) is 5.75 Å². The van der Waals surface area contributed by atoms with E-state index in [2.05, 4.69) is 4.98 Å². The summed E-state index contributed by atoms with van der Waals surface area (Å²) in [5, 5.41) is 0.697. The molecule has 21 heavy (non-hydrogen) atoms. The van der Waals surface area contributed by atoms with Crippen LogP contribution in [0.25, 0.3) is 10.9 Å². The minimum atomic E-state index is 0.110. The topological polar surface area (TPSA) is 55.8 Å². The Hall–Kier alpha value is -1.85. The monoisotopic (exact) mass is 289 g/mol. The number of pyridine rings is 1. The Morgan fingerprint density at radius 2 is 2.10 bits per heavy atom. The van der Waals surface area contributed by atoms with E-state index < -0.39 is 0 Å². The maximum absolute atomic E-state index is 12.8. The van der Waals surface area contributed by atoms with E-state index in [0.717, 1.165) is 49.6 Å². The molecule has 0 saturated carbocycles. The second-order valence-electron chi connectivity index (χ2n) is 5.51. The molecule has 2 aromatic rings. The molecular weight excluding hydrogens is 268 g/mol. The zero-order valence-corrected chi connectivity index (χ0v) is 12.5. The van der Waals surface area contributed by atoms with E-state index in [-0.39, 0.29) is 5.43 Å². The zero-order valence-electron chi connectivity index (χ0n) is 12.5. The van der Waals surface area contributed by atoms with Crippen LogP contribution in [0.2, 0.25) is 0 Å². The molecule has 0 spiro atoms. The molecule has 2 N–H and O–H groups in total. The molecule has 0 atom stereocenters. The summed E-state index contributed by atoms with van der Waals surface area (Å²) in [6.45, 7) is 6.17. The normalized spacial score (nSPS) is 16.3. The number of H-pyrrole nitrogens is 1. The average molecular weight is 289 g/mol. The van der Waals surface area contributed by atoms with Crippen molar-refractivity contribution in [1.82, 2.24) is 4.98 Å². The number of morpholine rings is 1. The molecule has 0 radical (unpaired) electrons. The van der Waals surface area contributed by atoms with Crippen LogP contribution in [0.3, 0.4) is 0 Å². The van der Waals surface area contributed by atoms with Crippen molar-refractivity contribution in [3.05, 3.63) is 39.7 Å². The summed E-state index contributed by atoms with van der Waals surface area (Å²) in [5.41, 5.74) is 2.79. The maximum Gasteiger partial charge on any atom is 0.198 e. The number of aromatic amines is 1. The van der Waals surface area contributed by atoms with Crippen LogP contribution >= 0.6 is 0 Å². The molecular formula is C16H21N2O3+. The molecule has 5 nitrogen and oxygen atoms in total. The number of quaternary nitrogens is 1. The molecule has 1 aliphatic heterocycles. The molecule has 0 bridgehead atoms. The van der Waals surface area contributed by atoms with E-state index in [1.807, 2.05) is 25.1 Å². The van der Waals surface area contributed by atoms with Crippen LogP contribution in [-0.4, -0.2) is 38.4 Å². The van der Waals surface area contributed by atoms with E-state index in [0.29, 0.717) is 11.1 Å². The van der Waals surface area contributed by atoms with Gasteiger partial charge in [-0.1, -0.05) is 0 Å². The summed E-state index contributed by atoms with van der Waals surface area (Å²) in [4.78, 5) is 17.5. The highest BCUT2D eigenvalue weighted by molar-refractivity contribution is 5.81. The Morgan fingerprint density at radius 3 is 2.81 bits per heavy atom. The summed E-state index contributed by atoms with van der Waals surface area (Å²) in [5.74, 6) is 0.710. The minimum absolute atomic E-state index is 0.110. The van der Waals surface area contributed by atoms with E-state index in [9.17, 15) is 4.79 Å². The minimum Gasteiger partial charge on any atom is -0.497 e. The number of nitrogens with one attached hydrogen (secondary N) is 2. The lowest BCUT2D eigenvalue weighted by molar-refractivity contribution is -0.921. The second-order valence-corrected chi connectivity index (χ2v) is 5.51. The van der Waals surface area contributed by atoms with Gasteiger partial charge in [-0.25, -0.2) is 0 Å². The SMILES string of the molecule is COc1ccc2[nH]c(C)c(C[NH+]3CCOCC3)c(=O)c2c1. The van der Waals surface area contributed by atoms with Crippen LogP contribution in [0.15, 0.2) is 23.0 Å². The Bertz CT molecular complexity index is 702. The molecule has 0 unspecified atom stereocenters. The van der Waals surface area contributed by atoms with Crippen molar-refractivity contribution in [1.29, 1.82) is 0 Å². The van der Waals surface area contributed by atoms with Gasteiger partial charge in [0.1, 0.15) is 25.4 Å². The fourth-order valence-corrected chi connectivity index (χ4v) is 2.86. The van der Waals surface area contributed by atoms with Gasteiger partial charge in [-0.3, -0.25) is 4.79 Å². The predicted molar refractivity (Wildman–Crippen MR) is 81.1 cm³/mol. The molecule has 1 saturated heterocycles. The first kappa shape index (κ1) is 14.1. The lowest BCUT2D eigenvalue weighted by Crippen LogP contribution is -3.13. The van der Waals surface area contributed by atoms with E-state index in [4.69, 9.17) is 9.47 Å². The van der Waals surface area contributed by atoms with Crippen molar-refractivity contribution >= 4 is 10.9 Å². The Labute approximate surface area is 123 Å². The van der Waals surface area contributed by atoms with E-state index in [1.54, 1.807) is 7.11 Å². The number of rotatable bonds is 3. The van der Waals surface area contributed by atoms with Gasteiger partial charge in [-0.15, -0.1) is 0 Å². The van der Waals surface area contributed by atoms with Crippen LogP contribution < -0.4 is 15.1 Å². The summed E-state index contributed by atoms with van der Waals surface area (Å²) in [6.07, 6.45) is 0. The molecule has 2 heterocycles. The summed E-state index contributed by atoms with van der Waals surface area (Å²) in [6, 6.07) is 5.57. The van der Waals surface area contributed by atoms with Crippen molar-refractivity contribution in [3.8, 4) is 5.75 Å². The quantitative estimate of drug-likeness (QED) is 0.852. The van der Waals surface area contributed by atoms with E-state index in [1.165, 1.54) is 4.90 Å². The maximum atomic E-state index is 12.8. The van der Waals surface area contributed by atoms with Crippen LogP contribution in [-0.2, 0) is 11.3 Å². The van der Waals surface area contributed by atoms with Crippen molar-refractivity contribution in [2.24, 2.45) is 0 Å². The van der Waals surface area contributed by atoms with Gasteiger partial charge in [0, 0.05) is 16.6 Å². The van der Waals surface area contributed by atoms with Crippen molar-refractivity contribution in [2.75, 3.05) is 33.4 Å². The molecule has 0 aliphatic carbocycles. The Kier molecular flexibility index (Phi) is 3.94. The second kappa shape index (κ2) is 5.87. The highest BCUT2D eigenvalue weighted by atomic mass is 16.5. The first-order valence-electron chi connectivity index (χ1n) is 7.30. The van der Waals surface area contributed by atoms with Crippen molar-refractivity contribution < 1.29 is 14.4 Å². The highest BCUT2D eigenvalue weighted by Gasteiger charge is 2.19. The molecule has 1 aromatic carbocycles. The van der Waals surface area contributed by atoms with Gasteiger partial charge in [0.05, 0.1) is 25.9 Å². The van der Waals surface area contributed by atoms with Gasteiger partial charge in [0.15, 0.2) is 5.43 Å². The van der Waals surface area contributed by atoms with Gasteiger partial charge in [-0.05, 0) is 25.1 Å². The molecule has 1 aliphatic rings. The molecule has 3 rings (SSSR count). The number of hydrogen-bond donors (Lipinski definition) is 2. The van der Waals surface area contributed by atoms with Crippen molar-refractivity contribution in [2.45, 2.75) is 13.5 Å². The largest absolute Gasteiger partial charge is 0.497 e. The third-order valence-electron chi connectivity index (χ3n) is 4.15. The van der Waals surface area contributed by atoms with Gasteiger partial charge in [0.2, 0.25) is 0 Å². The lowest BCUT2D eigenvalue weighted by Gasteiger charge is -2.24. The fourth-order valence-electron chi connectivity index (χ4n) is 2.86. The highest BCUT2D eigenvalue weighted by Crippen LogP contribution is 2.17. The van der Waals surface area contributed by atoms with Gasteiger partial charge < -0.3 is 19.4 Å². The Balaban J connectivity index is 2.02. The average Bonchev–Trinajstić information content (AvgIpc) is 2.52. The summed E-state index contributed by atoms with van der Waals surface area (Å²) >= 11 is 0. The van der Waals surface area contributed by atoms with Crippen molar-refractivity contribution in [3.63, 3.8) is 0 Å². The van der Waals surface area contributed by atoms with Gasteiger partial charge in [0.25, 0.3) is 0 Å². The van der Waals surface area contributed by atoms with Gasteiger partial charge in [-0.2, -0.15) is 0 Å². The van der Waals surface area contributed by atoms with Crippen LogP contribution in [0, 0.1) is 6.92 Å². The molecule has 1 fully saturated rings. The third kappa shape index (κ3) is 2.80. The Morgan fingerprint density at radius 1 is 1.33 bits per heavy atom. The summed E-state index contributed by atoms with van der Waals surface area (Å²) in [7, 11) is 1.61. The number of aryl methyl sites for hydroxylation is 1. The number of methoxy groups -OCH3 is 1. The number of benzene rings is 1. The van der Waals surface area contributed by atoms with Crippen LogP contribution in [0.4, 0.5) is 0 Å².